The van der Waals surface area contributed by atoms with E-state index in [1.165, 1.54) is 40.4 Å². The van der Waals surface area contributed by atoms with Crippen LogP contribution in [0.1, 0.15) is 18.1 Å². The molecule has 2 aromatic carbocycles. The van der Waals surface area contributed by atoms with E-state index in [9.17, 15) is 9.59 Å². The van der Waals surface area contributed by atoms with Gasteiger partial charge in [-0.3, -0.25) is 9.59 Å². The summed E-state index contributed by atoms with van der Waals surface area (Å²) in [5, 5.41) is 0. The van der Waals surface area contributed by atoms with Crippen molar-refractivity contribution in [3.8, 4) is 23.0 Å². The predicted molar refractivity (Wildman–Crippen MR) is 112 cm³/mol. The highest BCUT2D eigenvalue weighted by molar-refractivity contribution is 6.27. The number of Topliss-reactive ketones (excluding diaryl/α,β-unsaturated/α-hetero) is 1. The summed E-state index contributed by atoms with van der Waals surface area (Å²) in [7, 11) is 6.15. The highest BCUT2D eigenvalue weighted by Gasteiger charge is 2.13. The van der Waals surface area contributed by atoms with E-state index in [2.05, 4.69) is 0 Å². The molecule has 29 heavy (non-hydrogen) atoms. The zero-order chi connectivity index (χ0) is 21.4. The second-order valence-corrected chi connectivity index (χ2v) is 6.04. The molecule has 0 N–H and O–H groups in total. The third kappa shape index (κ3) is 5.48. The van der Waals surface area contributed by atoms with Gasteiger partial charge >= 0.3 is 0 Å². The molecule has 0 aliphatic heterocycles. The Morgan fingerprint density at radius 2 is 1.21 bits per heavy atom. The third-order valence-corrected chi connectivity index (χ3v) is 4.20. The molecule has 0 aliphatic rings. The summed E-state index contributed by atoms with van der Waals surface area (Å²) in [6.45, 7) is 1.36. The van der Waals surface area contributed by atoms with Gasteiger partial charge in [0.05, 0.1) is 34.0 Å². The molecule has 0 radical (unpaired) electrons. The molecule has 0 heterocycles. The van der Waals surface area contributed by atoms with E-state index < -0.39 is 5.78 Å². The fourth-order valence-electron chi connectivity index (χ4n) is 2.67. The smallest absolute Gasteiger partial charge is 0.189 e. The Balaban J connectivity index is 2.31. The van der Waals surface area contributed by atoms with E-state index in [0.29, 0.717) is 28.6 Å². The SMILES string of the molecule is COc1ccc(C=C(C(C)=O)C(=O)/C=C/c2ccc(OC)c(OC)c2)cc1OC. The molecule has 0 atom stereocenters. The zero-order valence-electron chi connectivity index (χ0n) is 17.1. The van der Waals surface area contributed by atoms with Gasteiger partial charge in [0.15, 0.2) is 34.6 Å². The second kappa shape index (κ2) is 10.1. The number of rotatable bonds is 9. The molecule has 6 heteroatoms. The highest BCUT2D eigenvalue weighted by Crippen LogP contribution is 2.29. The maximum absolute atomic E-state index is 12.6. The van der Waals surface area contributed by atoms with Crippen LogP contribution in [-0.4, -0.2) is 40.0 Å². The van der Waals surface area contributed by atoms with Crippen molar-refractivity contribution in [1.82, 2.24) is 0 Å². The molecular weight excluding hydrogens is 372 g/mol. The maximum Gasteiger partial charge on any atom is 0.189 e. The van der Waals surface area contributed by atoms with Crippen molar-refractivity contribution in [3.05, 3.63) is 59.2 Å². The van der Waals surface area contributed by atoms with Gasteiger partial charge in [0.1, 0.15) is 0 Å². The number of allylic oxidation sites excluding steroid dienone is 2. The Morgan fingerprint density at radius 1 is 0.724 bits per heavy atom. The van der Waals surface area contributed by atoms with Gasteiger partial charge in [-0.25, -0.2) is 0 Å². The monoisotopic (exact) mass is 396 g/mol. The number of ketones is 2. The van der Waals surface area contributed by atoms with Crippen LogP contribution in [0.3, 0.4) is 0 Å². The van der Waals surface area contributed by atoms with Crippen molar-refractivity contribution in [2.45, 2.75) is 6.92 Å². The molecule has 6 nitrogen and oxygen atoms in total. The first kappa shape index (κ1) is 21.8. The van der Waals surface area contributed by atoms with Gasteiger partial charge in [-0.05, 0) is 54.5 Å². The summed E-state index contributed by atoms with van der Waals surface area (Å²) in [5.74, 6) is 1.48. The Morgan fingerprint density at radius 3 is 1.69 bits per heavy atom. The van der Waals surface area contributed by atoms with Gasteiger partial charge in [0.2, 0.25) is 0 Å². The number of carbonyl (C=O) groups is 2. The third-order valence-electron chi connectivity index (χ3n) is 4.20. The molecule has 2 rings (SSSR count). The van der Waals surface area contributed by atoms with E-state index in [1.807, 2.05) is 0 Å². The van der Waals surface area contributed by atoms with Crippen LogP contribution >= 0.6 is 0 Å². The van der Waals surface area contributed by atoms with E-state index in [4.69, 9.17) is 18.9 Å². The Labute approximate surface area is 170 Å². The quantitative estimate of drug-likeness (QED) is 0.363. The largest absolute Gasteiger partial charge is 0.493 e. The molecule has 0 saturated carbocycles. The van der Waals surface area contributed by atoms with Crippen LogP contribution in [0.5, 0.6) is 23.0 Å². The van der Waals surface area contributed by atoms with Crippen LogP contribution in [-0.2, 0) is 9.59 Å². The molecule has 0 aliphatic carbocycles. The lowest BCUT2D eigenvalue weighted by Crippen LogP contribution is -2.07. The minimum Gasteiger partial charge on any atom is -0.493 e. The molecule has 0 unspecified atom stereocenters. The van der Waals surface area contributed by atoms with Gasteiger partial charge in [0.25, 0.3) is 0 Å². The summed E-state index contributed by atoms with van der Waals surface area (Å²) >= 11 is 0. The average molecular weight is 396 g/mol. The van der Waals surface area contributed by atoms with Gasteiger partial charge < -0.3 is 18.9 Å². The topological polar surface area (TPSA) is 71.1 Å². The lowest BCUT2D eigenvalue weighted by atomic mass is 10.0. The number of methoxy groups -OCH3 is 4. The molecule has 0 amide bonds. The van der Waals surface area contributed by atoms with E-state index in [0.717, 1.165) is 5.56 Å². The summed E-state index contributed by atoms with van der Waals surface area (Å²) in [6, 6.07) is 10.4. The molecular formula is C23H24O6. The van der Waals surface area contributed by atoms with Crippen molar-refractivity contribution in [1.29, 1.82) is 0 Å². The summed E-state index contributed by atoms with van der Waals surface area (Å²) in [5.41, 5.74) is 1.46. The minimum atomic E-state index is -0.401. The van der Waals surface area contributed by atoms with E-state index >= 15 is 0 Å². The number of hydrogen-bond acceptors (Lipinski definition) is 6. The second-order valence-electron chi connectivity index (χ2n) is 6.04. The van der Waals surface area contributed by atoms with Crippen molar-refractivity contribution in [2.75, 3.05) is 28.4 Å². The molecule has 2 aromatic rings. The number of ether oxygens (including phenoxy) is 4. The fraction of sp³-hybridized carbons (Fsp3) is 0.217. The summed E-state index contributed by atoms with van der Waals surface area (Å²) in [6.07, 6.45) is 4.51. The van der Waals surface area contributed by atoms with Crippen LogP contribution in [0.2, 0.25) is 0 Å². The highest BCUT2D eigenvalue weighted by atomic mass is 16.5. The molecule has 0 bridgehead atoms. The number of carbonyl (C=O) groups excluding carboxylic acids is 2. The first-order chi connectivity index (χ1) is 13.9. The molecule has 0 spiro atoms. The Bertz CT molecular complexity index is 956. The predicted octanol–water partition coefficient (Wildman–Crippen LogP) is 3.98. The lowest BCUT2D eigenvalue weighted by molar-refractivity contribution is -0.118. The number of benzene rings is 2. The molecule has 0 saturated heterocycles. The standard InChI is InChI=1S/C23H24O6/c1-15(24)18(12-17-8-11-21(27-3)23(14-17)29-5)19(25)9-6-16-7-10-20(26-2)22(13-16)28-4/h6-14H,1-5H3/b9-6+,18-12?. The first-order valence-corrected chi connectivity index (χ1v) is 8.82. The average Bonchev–Trinajstić information content (AvgIpc) is 2.74. The molecule has 0 fully saturated rings. The Kier molecular flexibility index (Phi) is 7.60. The molecule has 152 valence electrons. The van der Waals surface area contributed by atoms with Crippen LogP contribution in [0.15, 0.2) is 48.0 Å². The maximum atomic E-state index is 12.6. The fourth-order valence-corrected chi connectivity index (χ4v) is 2.67. The summed E-state index contributed by atoms with van der Waals surface area (Å²) in [4.78, 5) is 24.7. The normalized spacial score (nSPS) is 11.3. The number of hydrogen-bond donors (Lipinski definition) is 0. The minimum absolute atomic E-state index is 0.0638. The van der Waals surface area contributed by atoms with Crippen molar-refractivity contribution >= 4 is 23.7 Å². The Hall–Kier alpha value is -3.54. The van der Waals surface area contributed by atoms with Gasteiger partial charge in [0, 0.05) is 0 Å². The van der Waals surface area contributed by atoms with E-state index in [-0.39, 0.29) is 11.4 Å². The van der Waals surface area contributed by atoms with Crippen LogP contribution in [0, 0.1) is 0 Å². The van der Waals surface area contributed by atoms with Crippen LogP contribution in [0.4, 0.5) is 0 Å². The van der Waals surface area contributed by atoms with Crippen LogP contribution in [0.25, 0.3) is 12.2 Å². The van der Waals surface area contributed by atoms with Crippen molar-refractivity contribution < 1.29 is 28.5 Å². The van der Waals surface area contributed by atoms with Crippen molar-refractivity contribution in [3.63, 3.8) is 0 Å². The lowest BCUT2D eigenvalue weighted by Gasteiger charge is -2.08. The zero-order valence-corrected chi connectivity index (χ0v) is 17.1. The first-order valence-electron chi connectivity index (χ1n) is 8.82. The summed E-state index contributed by atoms with van der Waals surface area (Å²) < 4.78 is 20.9. The van der Waals surface area contributed by atoms with Crippen LogP contribution < -0.4 is 18.9 Å². The van der Waals surface area contributed by atoms with Crippen molar-refractivity contribution in [2.24, 2.45) is 0 Å². The van der Waals surface area contributed by atoms with E-state index in [1.54, 1.807) is 49.6 Å². The molecule has 0 aromatic heterocycles. The van der Waals surface area contributed by atoms with Gasteiger partial charge in [-0.15, -0.1) is 0 Å². The van der Waals surface area contributed by atoms with Gasteiger partial charge in [-0.2, -0.15) is 0 Å². The van der Waals surface area contributed by atoms with Gasteiger partial charge in [-0.1, -0.05) is 18.2 Å².